The first-order chi connectivity index (χ1) is 9.20. The van der Waals surface area contributed by atoms with Crippen LogP contribution in [0.2, 0.25) is 5.28 Å². The molecule has 8 heteroatoms. The minimum Gasteiger partial charge on any atom is -0.468 e. The number of nitrogens with two attached hydrogens (primary N) is 1. The Morgan fingerprint density at radius 2 is 2.21 bits per heavy atom. The SMILES string of the molecule is COc1nc2c(N)nc(Cl)nc2n1C1CCCCO1. The summed E-state index contributed by atoms with van der Waals surface area (Å²) in [6.45, 7) is 0.710. The number of imidazole rings is 1. The predicted octanol–water partition coefficient (Wildman–Crippen LogP) is 1.77. The number of nitrogens with zero attached hydrogens (tertiary/aromatic N) is 4. The van der Waals surface area contributed by atoms with Gasteiger partial charge < -0.3 is 15.2 Å². The maximum atomic E-state index is 5.86. The lowest BCUT2D eigenvalue weighted by Crippen LogP contribution is -2.19. The first-order valence-electron chi connectivity index (χ1n) is 6.07. The molecule has 3 rings (SSSR count). The van der Waals surface area contributed by atoms with Crippen LogP contribution < -0.4 is 10.5 Å². The van der Waals surface area contributed by atoms with E-state index in [9.17, 15) is 0 Å². The lowest BCUT2D eigenvalue weighted by Gasteiger charge is -2.24. The molecule has 0 amide bonds. The highest BCUT2D eigenvalue weighted by molar-refractivity contribution is 6.28. The fourth-order valence-electron chi connectivity index (χ4n) is 2.28. The van der Waals surface area contributed by atoms with Crippen LogP contribution in [0.15, 0.2) is 0 Å². The van der Waals surface area contributed by atoms with Crippen molar-refractivity contribution < 1.29 is 9.47 Å². The number of ether oxygens (including phenoxy) is 2. The van der Waals surface area contributed by atoms with Crippen molar-refractivity contribution in [3.8, 4) is 6.01 Å². The van der Waals surface area contributed by atoms with Gasteiger partial charge >= 0.3 is 6.01 Å². The van der Waals surface area contributed by atoms with Crippen molar-refractivity contribution in [3.05, 3.63) is 5.28 Å². The lowest BCUT2D eigenvalue weighted by atomic mass is 10.2. The summed E-state index contributed by atoms with van der Waals surface area (Å²) in [6, 6.07) is 0.408. The number of halogens is 1. The molecule has 2 N–H and O–H groups in total. The molecule has 0 spiro atoms. The van der Waals surface area contributed by atoms with Crippen molar-refractivity contribution in [2.24, 2.45) is 0 Å². The summed E-state index contributed by atoms with van der Waals surface area (Å²) in [5.41, 5.74) is 6.84. The first kappa shape index (κ1) is 12.4. The summed E-state index contributed by atoms with van der Waals surface area (Å²) >= 11 is 5.86. The van der Waals surface area contributed by atoms with E-state index in [0.29, 0.717) is 23.8 Å². The van der Waals surface area contributed by atoms with Gasteiger partial charge in [-0.3, -0.25) is 4.57 Å². The average Bonchev–Trinajstić information content (AvgIpc) is 2.78. The molecule has 1 saturated heterocycles. The Hall–Kier alpha value is -1.60. The third-order valence-electron chi connectivity index (χ3n) is 3.13. The summed E-state index contributed by atoms with van der Waals surface area (Å²) in [4.78, 5) is 12.4. The van der Waals surface area contributed by atoms with Gasteiger partial charge in [0.1, 0.15) is 6.23 Å². The highest BCUT2D eigenvalue weighted by atomic mass is 35.5. The fourth-order valence-corrected chi connectivity index (χ4v) is 2.45. The maximum Gasteiger partial charge on any atom is 0.300 e. The number of anilines is 1. The van der Waals surface area contributed by atoms with Crippen molar-refractivity contribution in [1.82, 2.24) is 19.5 Å². The topological polar surface area (TPSA) is 88.1 Å². The number of rotatable bonds is 2. The number of aromatic nitrogens is 4. The minimum absolute atomic E-state index is 0.0876. The highest BCUT2D eigenvalue weighted by Crippen LogP contribution is 2.32. The van der Waals surface area contributed by atoms with Gasteiger partial charge in [0.2, 0.25) is 5.28 Å². The Labute approximate surface area is 114 Å². The van der Waals surface area contributed by atoms with E-state index in [0.717, 1.165) is 19.3 Å². The van der Waals surface area contributed by atoms with Crippen molar-refractivity contribution in [3.63, 3.8) is 0 Å². The van der Waals surface area contributed by atoms with Crippen LogP contribution >= 0.6 is 11.6 Å². The average molecular weight is 284 g/mol. The van der Waals surface area contributed by atoms with E-state index in [1.165, 1.54) is 0 Å². The number of methoxy groups -OCH3 is 1. The Balaban J connectivity index is 2.19. The van der Waals surface area contributed by atoms with Crippen LogP contribution in [0.3, 0.4) is 0 Å². The smallest absolute Gasteiger partial charge is 0.300 e. The molecular formula is C11H14ClN5O2. The molecule has 2 aromatic heterocycles. The van der Waals surface area contributed by atoms with E-state index < -0.39 is 0 Å². The lowest BCUT2D eigenvalue weighted by molar-refractivity contribution is -0.0334. The van der Waals surface area contributed by atoms with E-state index in [1.54, 1.807) is 11.7 Å². The maximum absolute atomic E-state index is 5.86. The molecule has 2 aromatic rings. The van der Waals surface area contributed by atoms with Gasteiger partial charge in [0, 0.05) is 6.61 Å². The molecule has 102 valence electrons. The molecule has 1 atom stereocenters. The van der Waals surface area contributed by atoms with E-state index in [4.69, 9.17) is 26.8 Å². The fraction of sp³-hybridized carbons (Fsp3) is 0.545. The van der Waals surface area contributed by atoms with Crippen molar-refractivity contribution in [1.29, 1.82) is 0 Å². The first-order valence-corrected chi connectivity index (χ1v) is 6.45. The van der Waals surface area contributed by atoms with Crippen molar-refractivity contribution >= 4 is 28.6 Å². The normalized spacial score (nSPS) is 19.8. The summed E-state index contributed by atoms with van der Waals surface area (Å²) in [6.07, 6.45) is 2.87. The highest BCUT2D eigenvalue weighted by Gasteiger charge is 2.25. The van der Waals surface area contributed by atoms with Gasteiger partial charge in [0.15, 0.2) is 17.0 Å². The number of fused-ring (bicyclic) bond motifs is 1. The van der Waals surface area contributed by atoms with Crippen LogP contribution in [0.5, 0.6) is 6.01 Å². The van der Waals surface area contributed by atoms with Gasteiger partial charge in [0.25, 0.3) is 0 Å². The second-order valence-electron chi connectivity index (χ2n) is 4.34. The summed E-state index contributed by atoms with van der Waals surface area (Å²) < 4.78 is 12.8. The van der Waals surface area contributed by atoms with Crippen LogP contribution in [0.1, 0.15) is 25.5 Å². The van der Waals surface area contributed by atoms with E-state index in [-0.39, 0.29) is 17.3 Å². The molecule has 0 radical (unpaired) electrons. The van der Waals surface area contributed by atoms with Crippen LogP contribution in [0.4, 0.5) is 5.82 Å². The monoisotopic (exact) mass is 283 g/mol. The van der Waals surface area contributed by atoms with Gasteiger partial charge in [0.05, 0.1) is 7.11 Å². The molecule has 0 aliphatic carbocycles. The number of hydrogen-bond donors (Lipinski definition) is 1. The molecule has 7 nitrogen and oxygen atoms in total. The largest absolute Gasteiger partial charge is 0.468 e. The van der Waals surface area contributed by atoms with Crippen LogP contribution in [-0.4, -0.2) is 33.2 Å². The predicted molar refractivity (Wildman–Crippen MR) is 70.1 cm³/mol. The molecule has 1 fully saturated rings. The third kappa shape index (κ3) is 2.08. The second-order valence-corrected chi connectivity index (χ2v) is 4.68. The standard InChI is InChI=1S/C11H14ClN5O2/c1-18-11-14-7-8(13)15-10(12)16-9(7)17(11)6-4-2-3-5-19-6/h6H,2-5H2,1H3,(H2,13,15,16). The zero-order chi connectivity index (χ0) is 13.4. The van der Waals surface area contributed by atoms with Gasteiger partial charge in [-0.1, -0.05) is 0 Å². The molecule has 19 heavy (non-hydrogen) atoms. The zero-order valence-electron chi connectivity index (χ0n) is 10.5. The Morgan fingerprint density at radius 3 is 2.89 bits per heavy atom. The van der Waals surface area contributed by atoms with E-state index >= 15 is 0 Å². The zero-order valence-corrected chi connectivity index (χ0v) is 11.2. The van der Waals surface area contributed by atoms with Gasteiger partial charge in [-0.25, -0.2) is 0 Å². The molecule has 1 aliphatic heterocycles. The summed E-state index contributed by atoms with van der Waals surface area (Å²) in [5, 5.41) is 0.0876. The number of nitrogen functional groups attached to an aromatic ring is 1. The van der Waals surface area contributed by atoms with Crippen LogP contribution in [0.25, 0.3) is 11.2 Å². The van der Waals surface area contributed by atoms with E-state index in [2.05, 4.69) is 15.0 Å². The molecule has 1 unspecified atom stereocenters. The molecular weight excluding hydrogens is 270 g/mol. The molecule has 0 saturated carbocycles. The van der Waals surface area contributed by atoms with E-state index in [1.807, 2.05) is 0 Å². The quantitative estimate of drug-likeness (QED) is 0.845. The molecule has 3 heterocycles. The van der Waals surface area contributed by atoms with Crippen LogP contribution in [0, 0.1) is 0 Å². The van der Waals surface area contributed by atoms with Crippen molar-refractivity contribution in [2.75, 3.05) is 19.5 Å². The van der Waals surface area contributed by atoms with Crippen molar-refractivity contribution in [2.45, 2.75) is 25.5 Å². The second kappa shape index (κ2) is 4.82. The molecule has 1 aliphatic rings. The Morgan fingerprint density at radius 1 is 1.37 bits per heavy atom. The Kier molecular flexibility index (Phi) is 3.16. The summed E-state index contributed by atoms with van der Waals surface area (Å²) in [7, 11) is 1.55. The molecule has 0 bridgehead atoms. The minimum atomic E-state index is -0.154. The summed E-state index contributed by atoms with van der Waals surface area (Å²) in [5.74, 6) is 0.239. The third-order valence-corrected chi connectivity index (χ3v) is 3.30. The number of hydrogen-bond acceptors (Lipinski definition) is 6. The van der Waals surface area contributed by atoms with Crippen LogP contribution in [-0.2, 0) is 4.74 Å². The van der Waals surface area contributed by atoms with Gasteiger partial charge in [-0.15, -0.1) is 0 Å². The molecule has 0 aromatic carbocycles. The van der Waals surface area contributed by atoms with Gasteiger partial charge in [-0.2, -0.15) is 15.0 Å². The Bertz CT molecular complexity index is 609. The van der Waals surface area contributed by atoms with Gasteiger partial charge in [-0.05, 0) is 30.9 Å².